The third-order valence-corrected chi connectivity index (χ3v) is 3.21. The van der Waals surface area contributed by atoms with Crippen molar-refractivity contribution in [3.63, 3.8) is 0 Å². The summed E-state index contributed by atoms with van der Waals surface area (Å²) in [4.78, 5) is 16.4. The molecule has 0 spiro atoms. The second-order valence-corrected chi connectivity index (χ2v) is 4.68. The molecule has 0 N–H and O–H groups in total. The fourth-order valence-electron chi connectivity index (χ4n) is 2.14. The van der Waals surface area contributed by atoms with Gasteiger partial charge in [0.1, 0.15) is 11.2 Å². The number of nitrogens with zero attached hydrogens (tertiary/aromatic N) is 1. The van der Waals surface area contributed by atoms with Gasteiger partial charge in [0.2, 0.25) is 0 Å². The van der Waals surface area contributed by atoms with E-state index in [1.54, 1.807) is 13.0 Å². The summed E-state index contributed by atoms with van der Waals surface area (Å²) in [6.07, 6.45) is 0. The minimum absolute atomic E-state index is 0.00277. The van der Waals surface area contributed by atoms with Crippen molar-refractivity contribution in [1.29, 1.82) is 0 Å². The van der Waals surface area contributed by atoms with E-state index >= 15 is 0 Å². The van der Waals surface area contributed by atoms with Crippen LogP contribution in [-0.2, 0) is 0 Å². The predicted molar refractivity (Wildman–Crippen MR) is 71.1 cm³/mol. The molecule has 3 nitrogen and oxygen atoms in total. The standard InChI is InChI=1S/C15H13NO2/c1-8-4-5-13-11(6-8)16-14-9(2)7-12(17)10(3)15(14)18-13/h4-7H,1-3H3. The molecular formula is C15H13NO2. The SMILES string of the molecule is Cc1ccc2oc3c(C)c(=O)cc(C)c-3nc2c1. The van der Waals surface area contributed by atoms with Gasteiger partial charge >= 0.3 is 0 Å². The van der Waals surface area contributed by atoms with E-state index in [0.717, 1.165) is 22.3 Å². The van der Waals surface area contributed by atoms with Crippen LogP contribution in [0.15, 0.2) is 33.5 Å². The summed E-state index contributed by atoms with van der Waals surface area (Å²) in [6.45, 7) is 5.67. The predicted octanol–water partition coefficient (Wildman–Crippen LogP) is 3.22. The van der Waals surface area contributed by atoms with Gasteiger partial charge in [-0.05, 0) is 50.1 Å². The molecule has 1 aliphatic heterocycles. The lowest BCUT2D eigenvalue weighted by atomic mass is 10.0. The van der Waals surface area contributed by atoms with Crippen LogP contribution in [0.25, 0.3) is 22.6 Å². The average Bonchev–Trinajstić information content (AvgIpc) is 2.34. The first-order valence-corrected chi connectivity index (χ1v) is 5.87. The fourth-order valence-corrected chi connectivity index (χ4v) is 2.14. The Kier molecular flexibility index (Phi) is 2.23. The molecule has 1 aliphatic carbocycles. The van der Waals surface area contributed by atoms with Crippen LogP contribution in [0, 0.1) is 20.8 Å². The van der Waals surface area contributed by atoms with Crippen molar-refractivity contribution in [1.82, 2.24) is 4.98 Å². The Labute approximate surface area is 104 Å². The molecule has 0 bridgehead atoms. The van der Waals surface area contributed by atoms with Crippen molar-refractivity contribution in [2.75, 3.05) is 0 Å². The number of fused-ring (bicyclic) bond motifs is 2. The summed E-state index contributed by atoms with van der Waals surface area (Å²) in [5.74, 6) is 0.594. The Hall–Kier alpha value is -2.16. The number of hydrogen-bond donors (Lipinski definition) is 0. The lowest BCUT2D eigenvalue weighted by Crippen LogP contribution is -2.09. The highest BCUT2D eigenvalue weighted by Gasteiger charge is 2.16. The van der Waals surface area contributed by atoms with Crippen molar-refractivity contribution < 1.29 is 4.42 Å². The Morgan fingerprint density at radius 3 is 2.67 bits per heavy atom. The van der Waals surface area contributed by atoms with Gasteiger partial charge < -0.3 is 4.42 Å². The van der Waals surface area contributed by atoms with Crippen LogP contribution < -0.4 is 5.43 Å². The van der Waals surface area contributed by atoms with E-state index in [2.05, 4.69) is 4.98 Å². The van der Waals surface area contributed by atoms with Crippen LogP contribution in [0.2, 0.25) is 0 Å². The van der Waals surface area contributed by atoms with Gasteiger partial charge in [-0.3, -0.25) is 4.79 Å². The molecule has 0 aromatic heterocycles. The third-order valence-electron chi connectivity index (χ3n) is 3.21. The maximum absolute atomic E-state index is 11.8. The van der Waals surface area contributed by atoms with Crippen molar-refractivity contribution in [2.45, 2.75) is 20.8 Å². The minimum Gasteiger partial charge on any atom is -0.452 e. The summed E-state index contributed by atoms with van der Waals surface area (Å²) < 4.78 is 5.83. The second-order valence-electron chi connectivity index (χ2n) is 4.68. The number of aryl methyl sites for hydroxylation is 2. The summed E-state index contributed by atoms with van der Waals surface area (Å²) in [6, 6.07) is 7.46. The van der Waals surface area contributed by atoms with Crippen molar-refractivity contribution in [3.05, 3.63) is 51.2 Å². The van der Waals surface area contributed by atoms with Crippen LogP contribution in [0.4, 0.5) is 0 Å². The summed E-state index contributed by atoms with van der Waals surface area (Å²) in [5.41, 5.74) is 4.91. The number of aromatic nitrogens is 1. The smallest absolute Gasteiger partial charge is 0.185 e. The molecule has 2 aliphatic rings. The number of rotatable bonds is 0. The quantitative estimate of drug-likeness (QED) is 0.566. The molecule has 18 heavy (non-hydrogen) atoms. The average molecular weight is 239 g/mol. The molecule has 3 rings (SSSR count). The van der Waals surface area contributed by atoms with Gasteiger partial charge in [-0.25, -0.2) is 4.98 Å². The first-order chi connectivity index (χ1) is 8.56. The molecule has 1 heterocycles. The number of benzene rings is 2. The van der Waals surface area contributed by atoms with E-state index < -0.39 is 0 Å². The molecule has 0 fully saturated rings. The maximum Gasteiger partial charge on any atom is 0.185 e. The molecule has 0 amide bonds. The second kappa shape index (κ2) is 3.67. The zero-order valence-electron chi connectivity index (χ0n) is 10.6. The van der Waals surface area contributed by atoms with Crippen LogP contribution in [-0.4, -0.2) is 4.98 Å². The van der Waals surface area contributed by atoms with Crippen LogP contribution in [0.5, 0.6) is 0 Å². The Morgan fingerprint density at radius 2 is 1.89 bits per heavy atom. The van der Waals surface area contributed by atoms with Crippen molar-refractivity contribution >= 4 is 11.1 Å². The molecule has 0 saturated heterocycles. The van der Waals surface area contributed by atoms with Crippen molar-refractivity contribution in [3.8, 4) is 11.5 Å². The van der Waals surface area contributed by atoms with Crippen LogP contribution in [0.3, 0.4) is 0 Å². The van der Waals surface area contributed by atoms with Crippen molar-refractivity contribution in [2.24, 2.45) is 0 Å². The van der Waals surface area contributed by atoms with Gasteiger partial charge in [0.05, 0.1) is 0 Å². The summed E-state index contributed by atoms with van der Waals surface area (Å²) >= 11 is 0. The first kappa shape index (κ1) is 11.0. The van der Waals surface area contributed by atoms with Gasteiger partial charge in [-0.2, -0.15) is 0 Å². The summed E-state index contributed by atoms with van der Waals surface area (Å²) in [7, 11) is 0. The largest absolute Gasteiger partial charge is 0.452 e. The zero-order chi connectivity index (χ0) is 12.9. The lowest BCUT2D eigenvalue weighted by Gasteiger charge is -2.11. The first-order valence-electron chi connectivity index (χ1n) is 5.87. The highest BCUT2D eigenvalue weighted by atomic mass is 16.3. The molecule has 0 radical (unpaired) electrons. The Bertz CT molecular complexity index is 787. The molecule has 0 unspecified atom stereocenters. The maximum atomic E-state index is 11.8. The van der Waals surface area contributed by atoms with Gasteiger partial charge in [-0.15, -0.1) is 0 Å². The normalized spacial score (nSPS) is 11.3. The topological polar surface area (TPSA) is 43.1 Å². The molecular weight excluding hydrogens is 226 g/mol. The van der Waals surface area contributed by atoms with Gasteiger partial charge in [0, 0.05) is 5.56 Å². The van der Waals surface area contributed by atoms with Gasteiger partial charge in [0.25, 0.3) is 0 Å². The van der Waals surface area contributed by atoms with Crippen LogP contribution in [0.1, 0.15) is 16.7 Å². The zero-order valence-corrected chi connectivity index (χ0v) is 10.6. The van der Waals surface area contributed by atoms with Crippen LogP contribution >= 0.6 is 0 Å². The Balaban J connectivity index is 2.53. The minimum atomic E-state index is -0.00277. The van der Waals surface area contributed by atoms with E-state index in [4.69, 9.17) is 4.42 Å². The molecule has 0 atom stereocenters. The highest BCUT2D eigenvalue weighted by molar-refractivity contribution is 5.78. The summed E-state index contributed by atoms with van der Waals surface area (Å²) in [5, 5.41) is 0. The lowest BCUT2D eigenvalue weighted by molar-refractivity contribution is 0.607. The van der Waals surface area contributed by atoms with E-state index in [1.165, 1.54) is 0 Å². The Morgan fingerprint density at radius 1 is 1.11 bits per heavy atom. The molecule has 0 saturated carbocycles. The molecule has 90 valence electrons. The van der Waals surface area contributed by atoms with E-state index in [0.29, 0.717) is 16.9 Å². The monoisotopic (exact) mass is 239 g/mol. The van der Waals surface area contributed by atoms with E-state index in [1.807, 2.05) is 32.0 Å². The molecule has 1 aromatic rings. The fraction of sp³-hybridized carbons (Fsp3) is 0.200. The van der Waals surface area contributed by atoms with E-state index in [-0.39, 0.29) is 5.43 Å². The third kappa shape index (κ3) is 1.51. The van der Waals surface area contributed by atoms with E-state index in [9.17, 15) is 4.79 Å². The van der Waals surface area contributed by atoms with Gasteiger partial charge in [0.15, 0.2) is 16.8 Å². The van der Waals surface area contributed by atoms with Gasteiger partial charge in [-0.1, -0.05) is 6.07 Å². The molecule has 3 heteroatoms. The highest BCUT2D eigenvalue weighted by Crippen LogP contribution is 2.28. The number of hydrogen-bond acceptors (Lipinski definition) is 3. The molecule has 1 aromatic carbocycles.